The summed E-state index contributed by atoms with van der Waals surface area (Å²) in [5, 5.41) is 7.89. The normalized spacial score (nSPS) is 16.2. The van der Waals surface area contributed by atoms with Gasteiger partial charge in [-0.3, -0.25) is 0 Å². The van der Waals surface area contributed by atoms with Crippen molar-refractivity contribution in [2.24, 2.45) is 5.92 Å². The maximum atomic E-state index is 5.97. The number of nitrogens with zero attached hydrogens (tertiary/aromatic N) is 3. The van der Waals surface area contributed by atoms with E-state index in [1.54, 1.807) is 0 Å². The Hall–Kier alpha value is -1.59. The number of rotatable bonds is 6. The molecule has 1 aromatic carbocycles. The third-order valence-electron chi connectivity index (χ3n) is 3.80. The Morgan fingerprint density at radius 2 is 2.24 bits per heavy atom. The summed E-state index contributed by atoms with van der Waals surface area (Å²) in [7, 11) is 4.21. The Labute approximate surface area is 129 Å². The van der Waals surface area contributed by atoms with E-state index in [0.29, 0.717) is 22.9 Å². The summed E-state index contributed by atoms with van der Waals surface area (Å²) in [5.41, 5.74) is 0.852. The number of likely N-dealkylation sites (N-methyl/N-ethyl adjacent to an activating group) is 1. The molecule has 2 aromatic rings. The molecule has 3 rings (SSSR count). The van der Waals surface area contributed by atoms with E-state index in [9.17, 15) is 0 Å². The van der Waals surface area contributed by atoms with E-state index in [-0.39, 0.29) is 0 Å². The molecule has 0 saturated heterocycles. The molecular weight excluding hydrogens is 288 g/mol. The summed E-state index contributed by atoms with van der Waals surface area (Å²) in [4.78, 5) is 6.62. The van der Waals surface area contributed by atoms with Gasteiger partial charge in [0.2, 0.25) is 5.82 Å². The zero-order valence-corrected chi connectivity index (χ0v) is 13.0. The second-order valence-electron chi connectivity index (χ2n) is 5.68. The molecule has 6 heteroatoms. The van der Waals surface area contributed by atoms with Gasteiger partial charge in [0, 0.05) is 23.2 Å². The molecule has 1 saturated carbocycles. The lowest BCUT2D eigenvalue weighted by Gasteiger charge is -2.23. The lowest BCUT2D eigenvalue weighted by Crippen LogP contribution is -2.36. The number of anilines is 1. The first-order chi connectivity index (χ1) is 10.1. The number of benzene rings is 1. The average Bonchev–Trinajstić information content (AvgIpc) is 3.16. The van der Waals surface area contributed by atoms with E-state index in [0.717, 1.165) is 18.0 Å². The molecular formula is C15H19ClN4O. The van der Waals surface area contributed by atoms with Gasteiger partial charge in [0.1, 0.15) is 0 Å². The van der Waals surface area contributed by atoms with Gasteiger partial charge in [0.15, 0.2) is 0 Å². The minimum Gasteiger partial charge on any atom is -0.336 e. The predicted octanol–water partition coefficient (Wildman–Crippen LogP) is 3.14. The van der Waals surface area contributed by atoms with Crippen LogP contribution in [0, 0.1) is 5.92 Å². The molecule has 112 valence electrons. The first-order valence-electron chi connectivity index (χ1n) is 7.13. The molecule has 1 atom stereocenters. The highest BCUT2D eigenvalue weighted by Gasteiger charge is 2.32. The Balaban J connectivity index is 1.65. The zero-order chi connectivity index (χ0) is 14.8. The van der Waals surface area contributed by atoms with Gasteiger partial charge in [0.05, 0.1) is 0 Å². The van der Waals surface area contributed by atoms with Crippen LogP contribution in [0.25, 0.3) is 11.4 Å². The minimum atomic E-state index is 0.456. The minimum absolute atomic E-state index is 0.456. The Morgan fingerprint density at radius 3 is 2.90 bits per heavy atom. The Morgan fingerprint density at radius 1 is 1.43 bits per heavy atom. The van der Waals surface area contributed by atoms with Crippen molar-refractivity contribution in [3.8, 4) is 11.4 Å². The van der Waals surface area contributed by atoms with E-state index in [2.05, 4.69) is 34.5 Å². The maximum Gasteiger partial charge on any atom is 0.321 e. The molecule has 1 aliphatic rings. The van der Waals surface area contributed by atoms with Crippen LogP contribution in [0.1, 0.15) is 12.8 Å². The van der Waals surface area contributed by atoms with Gasteiger partial charge >= 0.3 is 6.01 Å². The first kappa shape index (κ1) is 14.4. The van der Waals surface area contributed by atoms with Gasteiger partial charge < -0.3 is 14.7 Å². The summed E-state index contributed by atoms with van der Waals surface area (Å²) in [6.45, 7) is 0.814. The molecule has 1 heterocycles. The fourth-order valence-electron chi connectivity index (χ4n) is 2.48. The molecule has 1 aliphatic carbocycles. The predicted molar refractivity (Wildman–Crippen MR) is 83.4 cm³/mol. The molecule has 0 bridgehead atoms. The maximum absolute atomic E-state index is 5.97. The summed E-state index contributed by atoms with van der Waals surface area (Å²) in [6, 6.07) is 8.39. The van der Waals surface area contributed by atoms with Gasteiger partial charge in [-0.1, -0.05) is 28.9 Å². The van der Waals surface area contributed by atoms with E-state index in [4.69, 9.17) is 16.1 Å². The lowest BCUT2D eigenvalue weighted by molar-refractivity contribution is 0.274. The molecule has 1 fully saturated rings. The summed E-state index contributed by atoms with van der Waals surface area (Å²) in [6.07, 6.45) is 2.62. The monoisotopic (exact) mass is 306 g/mol. The van der Waals surface area contributed by atoms with E-state index < -0.39 is 0 Å². The Bertz CT molecular complexity index is 607. The van der Waals surface area contributed by atoms with Crippen LogP contribution in [-0.2, 0) is 0 Å². The SMILES string of the molecule is CN(C)C(CNc1nc(-c2cccc(Cl)c2)no1)C1CC1. The Kier molecular flexibility index (Phi) is 4.12. The number of nitrogens with one attached hydrogen (secondary N) is 1. The molecule has 0 radical (unpaired) electrons. The van der Waals surface area contributed by atoms with Crippen molar-refractivity contribution in [2.45, 2.75) is 18.9 Å². The third kappa shape index (κ3) is 3.54. The molecule has 0 amide bonds. The highest BCUT2D eigenvalue weighted by atomic mass is 35.5. The summed E-state index contributed by atoms with van der Waals surface area (Å²) < 4.78 is 5.26. The van der Waals surface area contributed by atoms with Crippen LogP contribution in [-0.4, -0.2) is 41.7 Å². The summed E-state index contributed by atoms with van der Waals surface area (Å²) >= 11 is 5.97. The van der Waals surface area contributed by atoms with Gasteiger partial charge in [0.25, 0.3) is 0 Å². The smallest absolute Gasteiger partial charge is 0.321 e. The number of aromatic nitrogens is 2. The van der Waals surface area contributed by atoms with Gasteiger partial charge in [-0.25, -0.2) is 0 Å². The van der Waals surface area contributed by atoms with Crippen molar-refractivity contribution in [2.75, 3.05) is 26.0 Å². The molecule has 0 spiro atoms. The van der Waals surface area contributed by atoms with Crippen LogP contribution in [0.15, 0.2) is 28.8 Å². The van der Waals surface area contributed by atoms with Crippen LogP contribution >= 0.6 is 11.6 Å². The van der Waals surface area contributed by atoms with Crippen molar-refractivity contribution in [1.29, 1.82) is 0 Å². The van der Waals surface area contributed by atoms with Crippen LogP contribution in [0.5, 0.6) is 0 Å². The van der Waals surface area contributed by atoms with Crippen LogP contribution < -0.4 is 5.32 Å². The van der Waals surface area contributed by atoms with E-state index in [1.165, 1.54) is 12.8 Å². The van der Waals surface area contributed by atoms with Crippen molar-refractivity contribution in [3.05, 3.63) is 29.3 Å². The topological polar surface area (TPSA) is 54.2 Å². The number of hydrogen-bond acceptors (Lipinski definition) is 5. The van der Waals surface area contributed by atoms with Crippen molar-refractivity contribution in [1.82, 2.24) is 15.0 Å². The molecule has 21 heavy (non-hydrogen) atoms. The fraction of sp³-hybridized carbons (Fsp3) is 0.467. The zero-order valence-electron chi connectivity index (χ0n) is 12.2. The highest BCUT2D eigenvalue weighted by molar-refractivity contribution is 6.30. The summed E-state index contributed by atoms with van der Waals surface area (Å²) in [5.74, 6) is 1.33. The molecule has 1 unspecified atom stereocenters. The van der Waals surface area contributed by atoms with E-state index in [1.807, 2.05) is 24.3 Å². The molecule has 5 nitrogen and oxygen atoms in total. The number of halogens is 1. The van der Waals surface area contributed by atoms with Gasteiger partial charge in [-0.2, -0.15) is 4.98 Å². The fourth-order valence-corrected chi connectivity index (χ4v) is 2.67. The van der Waals surface area contributed by atoms with Gasteiger partial charge in [-0.05, 0) is 45.0 Å². The van der Waals surface area contributed by atoms with Crippen molar-refractivity contribution in [3.63, 3.8) is 0 Å². The average molecular weight is 307 g/mol. The molecule has 1 N–H and O–H groups in total. The second-order valence-corrected chi connectivity index (χ2v) is 6.12. The van der Waals surface area contributed by atoms with Crippen LogP contribution in [0.2, 0.25) is 5.02 Å². The first-order valence-corrected chi connectivity index (χ1v) is 7.51. The van der Waals surface area contributed by atoms with Crippen LogP contribution in [0.4, 0.5) is 6.01 Å². The second kappa shape index (κ2) is 6.03. The largest absolute Gasteiger partial charge is 0.336 e. The standard InChI is InChI=1S/C15H19ClN4O/c1-20(2)13(10-6-7-10)9-17-15-18-14(19-21-15)11-4-3-5-12(16)8-11/h3-5,8,10,13H,6-7,9H2,1-2H3,(H,17,18,19). The van der Waals surface area contributed by atoms with E-state index >= 15 is 0 Å². The van der Waals surface area contributed by atoms with Gasteiger partial charge in [-0.15, -0.1) is 0 Å². The quantitative estimate of drug-likeness (QED) is 0.888. The molecule has 0 aliphatic heterocycles. The van der Waals surface area contributed by atoms with Crippen molar-refractivity contribution < 1.29 is 4.52 Å². The number of hydrogen-bond donors (Lipinski definition) is 1. The highest BCUT2D eigenvalue weighted by Crippen LogP contribution is 2.34. The third-order valence-corrected chi connectivity index (χ3v) is 4.04. The van der Waals surface area contributed by atoms with Crippen molar-refractivity contribution >= 4 is 17.6 Å². The van der Waals surface area contributed by atoms with Crippen LogP contribution in [0.3, 0.4) is 0 Å². The molecule has 1 aromatic heterocycles. The lowest BCUT2D eigenvalue weighted by atomic mass is 10.1.